The molecule has 0 heterocycles. The van der Waals surface area contributed by atoms with Gasteiger partial charge in [-0.05, 0) is 54.6 Å². The van der Waals surface area contributed by atoms with Crippen LogP contribution in [0.4, 0.5) is 28.4 Å². The molecule has 0 aliphatic rings. The van der Waals surface area contributed by atoms with E-state index >= 15 is 0 Å². The van der Waals surface area contributed by atoms with E-state index in [2.05, 4.69) is 10.6 Å². The van der Waals surface area contributed by atoms with E-state index in [1.54, 1.807) is 0 Å². The lowest BCUT2D eigenvalue weighted by molar-refractivity contribution is 1.52. The van der Waals surface area contributed by atoms with Gasteiger partial charge >= 0.3 is 0 Å². The number of hydrogen-bond donors (Lipinski definition) is 3. The zero-order chi connectivity index (χ0) is 14.5. The van der Waals surface area contributed by atoms with Gasteiger partial charge in [-0.15, -0.1) is 0 Å². The van der Waals surface area contributed by atoms with Crippen molar-refractivity contribution in [3.05, 3.63) is 78.9 Å². The van der Waals surface area contributed by atoms with E-state index in [4.69, 9.17) is 5.73 Å². The summed E-state index contributed by atoms with van der Waals surface area (Å²) in [4.78, 5) is 0. The quantitative estimate of drug-likeness (QED) is 0.602. The Morgan fingerprint density at radius 2 is 1.05 bits per heavy atom. The summed E-state index contributed by atoms with van der Waals surface area (Å²) in [5.74, 6) is 0. The van der Waals surface area contributed by atoms with Gasteiger partial charge in [0.15, 0.2) is 0 Å². The average Bonchev–Trinajstić information content (AvgIpc) is 2.50. The molecule has 0 amide bonds. The number of hydrogen-bond acceptors (Lipinski definition) is 3. The molecule has 104 valence electrons. The average molecular weight is 275 g/mol. The Balaban J connectivity index is 1.69. The van der Waals surface area contributed by atoms with Crippen molar-refractivity contribution in [2.45, 2.75) is 0 Å². The number of nitrogen functional groups attached to an aromatic ring is 1. The Morgan fingerprint density at radius 3 is 1.67 bits per heavy atom. The molecule has 21 heavy (non-hydrogen) atoms. The first-order chi connectivity index (χ1) is 10.3. The molecule has 0 aromatic heterocycles. The normalized spacial score (nSPS) is 10.1. The smallest absolute Gasteiger partial charge is 0.0404 e. The third-order valence-electron chi connectivity index (χ3n) is 3.12. The molecule has 4 N–H and O–H groups in total. The highest BCUT2D eigenvalue weighted by molar-refractivity contribution is 5.67. The monoisotopic (exact) mass is 275 g/mol. The van der Waals surface area contributed by atoms with Gasteiger partial charge in [-0.1, -0.05) is 24.3 Å². The molecule has 0 unspecified atom stereocenters. The number of benzene rings is 3. The van der Waals surface area contributed by atoms with E-state index in [1.165, 1.54) is 0 Å². The van der Waals surface area contributed by atoms with Crippen LogP contribution in [0.5, 0.6) is 0 Å². The molecule has 3 aromatic rings. The van der Waals surface area contributed by atoms with Crippen molar-refractivity contribution in [1.82, 2.24) is 0 Å². The fourth-order valence-electron chi connectivity index (χ4n) is 2.11. The molecule has 3 nitrogen and oxygen atoms in total. The van der Waals surface area contributed by atoms with Crippen LogP contribution < -0.4 is 16.4 Å². The second-order valence-corrected chi connectivity index (χ2v) is 4.82. The fourth-order valence-corrected chi connectivity index (χ4v) is 2.11. The van der Waals surface area contributed by atoms with Crippen LogP contribution in [-0.2, 0) is 0 Å². The van der Waals surface area contributed by atoms with Gasteiger partial charge in [-0.25, -0.2) is 0 Å². The van der Waals surface area contributed by atoms with Crippen molar-refractivity contribution in [2.75, 3.05) is 16.4 Å². The van der Waals surface area contributed by atoms with Crippen molar-refractivity contribution in [3.63, 3.8) is 0 Å². The van der Waals surface area contributed by atoms with Crippen LogP contribution in [-0.4, -0.2) is 0 Å². The van der Waals surface area contributed by atoms with Crippen molar-refractivity contribution >= 4 is 28.4 Å². The van der Waals surface area contributed by atoms with Crippen LogP contribution in [0.25, 0.3) is 0 Å². The Hall–Kier alpha value is -2.94. The molecular weight excluding hydrogens is 258 g/mol. The first kappa shape index (κ1) is 13.1. The molecule has 3 rings (SSSR count). The highest BCUT2D eigenvalue weighted by Gasteiger charge is 1.97. The van der Waals surface area contributed by atoms with Gasteiger partial charge in [0.05, 0.1) is 0 Å². The molecule has 0 aliphatic heterocycles. The predicted octanol–water partition coefficient (Wildman–Crippen LogP) is 4.76. The first-order valence-corrected chi connectivity index (χ1v) is 6.84. The second-order valence-electron chi connectivity index (χ2n) is 4.82. The van der Waals surface area contributed by atoms with E-state index < -0.39 is 0 Å². The number of nitrogens with one attached hydrogen (secondary N) is 2. The molecule has 0 saturated heterocycles. The lowest BCUT2D eigenvalue weighted by Crippen LogP contribution is -1.93. The van der Waals surface area contributed by atoms with Gasteiger partial charge in [-0.3, -0.25) is 0 Å². The Morgan fingerprint density at radius 1 is 0.524 bits per heavy atom. The van der Waals surface area contributed by atoms with Crippen LogP contribution >= 0.6 is 0 Å². The van der Waals surface area contributed by atoms with Gasteiger partial charge < -0.3 is 16.4 Å². The Labute approximate surface area is 124 Å². The maximum absolute atomic E-state index is 5.77. The molecule has 0 aliphatic carbocycles. The van der Waals surface area contributed by atoms with E-state index in [9.17, 15) is 0 Å². The van der Waals surface area contributed by atoms with Crippen molar-refractivity contribution < 1.29 is 0 Å². The maximum Gasteiger partial charge on any atom is 0.0404 e. The van der Waals surface area contributed by atoms with Gasteiger partial charge in [0.1, 0.15) is 0 Å². The minimum absolute atomic E-state index is 0.752. The third kappa shape index (κ3) is 3.54. The first-order valence-electron chi connectivity index (χ1n) is 6.84. The zero-order valence-corrected chi connectivity index (χ0v) is 11.6. The van der Waals surface area contributed by atoms with E-state index in [1.807, 2.05) is 78.9 Å². The summed E-state index contributed by atoms with van der Waals surface area (Å²) in [6, 6.07) is 26.0. The largest absolute Gasteiger partial charge is 0.399 e. The fraction of sp³-hybridized carbons (Fsp3) is 0. The lowest BCUT2D eigenvalue weighted by Gasteiger charge is -2.09. The number of para-hydroxylation sites is 1. The van der Waals surface area contributed by atoms with Gasteiger partial charge in [0.2, 0.25) is 0 Å². The molecule has 0 spiro atoms. The predicted molar refractivity (Wildman–Crippen MR) is 90.3 cm³/mol. The summed E-state index contributed by atoms with van der Waals surface area (Å²) < 4.78 is 0. The molecule has 0 atom stereocenters. The Kier molecular flexibility index (Phi) is 3.74. The van der Waals surface area contributed by atoms with Crippen molar-refractivity contribution in [3.8, 4) is 0 Å². The minimum atomic E-state index is 0.752. The van der Waals surface area contributed by atoms with Gasteiger partial charge in [0, 0.05) is 28.4 Å². The summed E-state index contributed by atoms with van der Waals surface area (Å²) >= 11 is 0. The summed E-state index contributed by atoms with van der Waals surface area (Å²) in [6.07, 6.45) is 0. The topological polar surface area (TPSA) is 50.1 Å². The highest BCUT2D eigenvalue weighted by atomic mass is 14.9. The van der Waals surface area contributed by atoms with Crippen LogP contribution in [0.1, 0.15) is 0 Å². The van der Waals surface area contributed by atoms with Gasteiger partial charge in [-0.2, -0.15) is 0 Å². The highest BCUT2D eigenvalue weighted by Crippen LogP contribution is 2.22. The number of nitrogens with two attached hydrogens (primary N) is 1. The molecule has 3 aromatic carbocycles. The second kappa shape index (κ2) is 6.01. The van der Waals surface area contributed by atoms with Crippen LogP contribution in [0.15, 0.2) is 78.9 Å². The van der Waals surface area contributed by atoms with Crippen LogP contribution in [0, 0.1) is 0 Å². The van der Waals surface area contributed by atoms with Crippen molar-refractivity contribution in [1.29, 1.82) is 0 Å². The summed E-state index contributed by atoms with van der Waals surface area (Å²) in [5, 5.41) is 6.68. The zero-order valence-electron chi connectivity index (χ0n) is 11.6. The summed E-state index contributed by atoms with van der Waals surface area (Å²) in [7, 11) is 0. The van der Waals surface area contributed by atoms with E-state index in [0.717, 1.165) is 28.4 Å². The lowest BCUT2D eigenvalue weighted by atomic mass is 10.2. The third-order valence-corrected chi connectivity index (χ3v) is 3.12. The summed E-state index contributed by atoms with van der Waals surface area (Å²) in [6.45, 7) is 0. The maximum atomic E-state index is 5.77. The molecule has 0 fully saturated rings. The molecule has 0 saturated carbocycles. The number of anilines is 5. The Bertz CT molecular complexity index is 706. The molecule has 0 bridgehead atoms. The van der Waals surface area contributed by atoms with E-state index in [-0.39, 0.29) is 0 Å². The number of rotatable bonds is 4. The van der Waals surface area contributed by atoms with Crippen molar-refractivity contribution in [2.24, 2.45) is 0 Å². The van der Waals surface area contributed by atoms with Crippen LogP contribution in [0.3, 0.4) is 0 Å². The minimum Gasteiger partial charge on any atom is -0.399 e. The summed E-state index contributed by atoms with van der Waals surface area (Å²) in [5.41, 5.74) is 10.7. The standard InChI is InChI=1S/C18H17N3/c19-14-5-4-8-18(13-14)21-17-11-9-16(10-12-17)20-15-6-2-1-3-7-15/h1-13,20-21H,19H2. The molecule has 3 heteroatoms. The molecular formula is C18H17N3. The van der Waals surface area contributed by atoms with Gasteiger partial charge in [0.25, 0.3) is 0 Å². The molecule has 0 radical (unpaired) electrons. The van der Waals surface area contributed by atoms with Crippen LogP contribution in [0.2, 0.25) is 0 Å². The SMILES string of the molecule is Nc1cccc(Nc2ccc(Nc3ccccc3)cc2)c1. The van der Waals surface area contributed by atoms with E-state index in [0.29, 0.717) is 0 Å².